The van der Waals surface area contributed by atoms with Crippen LogP contribution in [0.25, 0.3) is 0 Å². The molecule has 0 saturated carbocycles. The number of hydrogen-bond acceptors (Lipinski definition) is 7. The fourth-order valence-corrected chi connectivity index (χ4v) is 7.86. The number of para-hydroxylation sites is 3. The number of benzene rings is 2. The van der Waals surface area contributed by atoms with Crippen LogP contribution in [0.2, 0.25) is 0 Å². The first-order chi connectivity index (χ1) is 21.1. The van der Waals surface area contributed by atoms with Gasteiger partial charge in [0.15, 0.2) is 5.78 Å². The maximum absolute atomic E-state index is 14.2. The van der Waals surface area contributed by atoms with Crippen molar-refractivity contribution in [2.75, 3.05) is 50.1 Å². The molecular formula is C35H45N5O4. The summed E-state index contributed by atoms with van der Waals surface area (Å²) in [6.45, 7) is 6.99. The van der Waals surface area contributed by atoms with Crippen molar-refractivity contribution in [3.63, 3.8) is 0 Å². The van der Waals surface area contributed by atoms with E-state index in [4.69, 9.17) is 10.5 Å². The molecule has 1 aliphatic carbocycles. The maximum Gasteiger partial charge on any atom is 0.242 e. The summed E-state index contributed by atoms with van der Waals surface area (Å²) in [5.74, 6) is 0.428. The minimum atomic E-state index is -0.697. The van der Waals surface area contributed by atoms with Crippen molar-refractivity contribution < 1.29 is 19.1 Å². The molecule has 0 spiro atoms. The number of carbonyl (C=O) groups excluding carboxylic acids is 3. The Labute approximate surface area is 260 Å². The number of carbonyl (C=O) groups is 3. The molecule has 0 radical (unpaired) electrons. The van der Waals surface area contributed by atoms with Gasteiger partial charge >= 0.3 is 0 Å². The van der Waals surface area contributed by atoms with E-state index in [1.54, 1.807) is 7.11 Å². The number of anilines is 2. The number of nitrogens with zero attached hydrogens (tertiary/aromatic N) is 3. The molecule has 3 heterocycles. The lowest BCUT2D eigenvalue weighted by Crippen LogP contribution is -2.64. The third-order valence-electron chi connectivity index (χ3n) is 10.1. The molecule has 2 aromatic carbocycles. The standard InChI is InChI=1S/C35H45N5O4/c1-34(2)21-26-31(28(41)22-34)32(24-11-5-8-14-29(24)44-3)40(27-13-7-6-12-25(27)37-26)23-30(42)38-19-15-35(16-20-38,33(36)43)39-17-9-4-10-18-39/h5-8,11-14,32,37H,4,9-10,15-23H2,1-3H3,(H2,36,43). The van der Waals surface area contributed by atoms with Crippen LogP contribution < -0.4 is 20.7 Å². The quantitative estimate of drug-likeness (QED) is 0.498. The predicted molar refractivity (Wildman–Crippen MR) is 171 cm³/mol. The number of Topliss-reactive ketones (excluding diaryl/α,β-unsaturated/α-hetero) is 1. The molecular weight excluding hydrogens is 554 g/mol. The number of ketones is 1. The average molecular weight is 600 g/mol. The van der Waals surface area contributed by atoms with Gasteiger partial charge in [-0.3, -0.25) is 19.3 Å². The molecule has 2 fully saturated rings. The van der Waals surface area contributed by atoms with Gasteiger partial charge in [0.2, 0.25) is 11.8 Å². The fourth-order valence-electron chi connectivity index (χ4n) is 7.86. The topological polar surface area (TPSA) is 108 Å². The monoisotopic (exact) mass is 599 g/mol. The minimum Gasteiger partial charge on any atom is -0.496 e. The van der Waals surface area contributed by atoms with E-state index in [1.807, 2.05) is 53.4 Å². The molecule has 9 heteroatoms. The molecule has 2 saturated heterocycles. The van der Waals surface area contributed by atoms with Gasteiger partial charge in [-0.05, 0) is 68.8 Å². The van der Waals surface area contributed by atoms with Gasteiger partial charge in [0.25, 0.3) is 0 Å². The molecule has 0 aromatic heterocycles. The lowest BCUT2D eigenvalue weighted by molar-refractivity contribution is -0.141. The number of piperidine rings is 2. The van der Waals surface area contributed by atoms with Crippen molar-refractivity contribution >= 4 is 29.0 Å². The van der Waals surface area contributed by atoms with Crippen LogP contribution in [0.5, 0.6) is 5.75 Å². The number of ether oxygens (including phenoxy) is 1. The number of hydrogen-bond donors (Lipinski definition) is 2. The molecule has 4 aliphatic rings. The highest BCUT2D eigenvalue weighted by molar-refractivity contribution is 6.02. The number of nitrogens with two attached hydrogens (primary N) is 1. The first-order valence-corrected chi connectivity index (χ1v) is 16.0. The number of likely N-dealkylation sites (tertiary alicyclic amines) is 2. The van der Waals surface area contributed by atoms with Gasteiger partial charge in [-0.25, -0.2) is 0 Å². The van der Waals surface area contributed by atoms with Gasteiger partial charge < -0.3 is 25.6 Å². The van der Waals surface area contributed by atoms with Crippen LogP contribution in [0.4, 0.5) is 11.4 Å². The second-order valence-corrected chi connectivity index (χ2v) is 13.6. The zero-order chi connectivity index (χ0) is 31.1. The van der Waals surface area contributed by atoms with Crippen LogP contribution in [-0.4, -0.2) is 72.8 Å². The summed E-state index contributed by atoms with van der Waals surface area (Å²) in [6, 6.07) is 15.2. The second kappa shape index (κ2) is 11.9. The van der Waals surface area contributed by atoms with E-state index < -0.39 is 11.6 Å². The van der Waals surface area contributed by atoms with Crippen LogP contribution in [0.15, 0.2) is 59.8 Å². The normalized spacial score (nSPS) is 23.2. The second-order valence-electron chi connectivity index (χ2n) is 13.6. The zero-order valence-corrected chi connectivity index (χ0v) is 26.2. The Balaban J connectivity index is 1.36. The number of rotatable bonds is 6. The first-order valence-electron chi connectivity index (χ1n) is 16.0. The van der Waals surface area contributed by atoms with Crippen molar-refractivity contribution in [3.05, 3.63) is 65.4 Å². The Morgan fingerprint density at radius 1 is 0.955 bits per heavy atom. The van der Waals surface area contributed by atoms with Crippen molar-refractivity contribution in [2.24, 2.45) is 11.1 Å². The first kappa shape index (κ1) is 30.2. The number of fused-ring (bicyclic) bond motifs is 1. The van der Waals surface area contributed by atoms with Gasteiger partial charge in [-0.15, -0.1) is 0 Å². The summed E-state index contributed by atoms with van der Waals surface area (Å²) in [5.41, 5.74) is 9.30. The molecule has 2 amide bonds. The van der Waals surface area contributed by atoms with Crippen molar-refractivity contribution in [2.45, 2.75) is 70.4 Å². The highest BCUT2D eigenvalue weighted by atomic mass is 16.5. The van der Waals surface area contributed by atoms with Gasteiger partial charge in [-0.1, -0.05) is 50.6 Å². The van der Waals surface area contributed by atoms with Crippen LogP contribution in [-0.2, 0) is 14.4 Å². The van der Waals surface area contributed by atoms with E-state index >= 15 is 0 Å². The fraction of sp³-hybridized carbons (Fsp3) is 0.514. The van der Waals surface area contributed by atoms with Crippen LogP contribution in [0.3, 0.4) is 0 Å². The third-order valence-corrected chi connectivity index (χ3v) is 10.1. The van der Waals surface area contributed by atoms with E-state index in [2.05, 4.69) is 29.0 Å². The summed E-state index contributed by atoms with van der Waals surface area (Å²) in [4.78, 5) is 47.3. The summed E-state index contributed by atoms with van der Waals surface area (Å²) < 4.78 is 5.83. The average Bonchev–Trinajstić information content (AvgIpc) is 3.15. The van der Waals surface area contributed by atoms with E-state index in [0.717, 1.165) is 48.6 Å². The molecule has 9 nitrogen and oxygen atoms in total. The summed E-state index contributed by atoms with van der Waals surface area (Å²) >= 11 is 0. The lowest BCUT2D eigenvalue weighted by atomic mass is 9.73. The molecule has 6 rings (SSSR count). The highest BCUT2D eigenvalue weighted by Crippen LogP contribution is 2.49. The summed E-state index contributed by atoms with van der Waals surface area (Å²) in [5, 5.41) is 3.62. The Bertz CT molecular complexity index is 1470. The number of methoxy groups -OCH3 is 1. The van der Waals surface area contributed by atoms with Crippen LogP contribution >= 0.6 is 0 Å². The number of nitrogens with one attached hydrogen (secondary N) is 1. The Kier molecular flexibility index (Phi) is 8.18. The van der Waals surface area contributed by atoms with E-state index in [9.17, 15) is 14.4 Å². The number of allylic oxidation sites excluding steroid dienone is 1. The summed E-state index contributed by atoms with van der Waals surface area (Å²) in [7, 11) is 1.64. The number of primary amides is 1. The summed E-state index contributed by atoms with van der Waals surface area (Å²) in [6.07, 6.45) is 5.52. The molecule has 1 atom stereocenters. The minimum absolute atomic E-state index is 0.0379. The van der Waals surface area contributed by atoms with Gasteiger partial charge in [-0.2, -0.15) is 0 Å². The van der Waals surface area contributed by atoms with Gasteiger partial charge in [0.1, 0.15) is 11.3 Å². The predicted octanol–water partition coefficient (Wildman–Crippen LogP) is 4.64. The zero-order valence-electron chi connectivity index (χ0n) is 26.2. The lowest BCUT2D eigenvalue weighted by Gasteiger charge is -2.48. The molecule has 1 unspecified atom stereocenters. The van der Waals surface area contributed by atoms with Crippen molar-refractivity contribution in [1.29, 1.82) is 0 Å². The Morgan fingerprint density at radius 3 is 2.34 bits per heavy atom. The Hall–Kier alpha value is -3.85. The number of amides is 2. The molecule has 3 N–H and O–H groups in total. The van der Waals surface area contributed by atoms with Crippen molar-refractivity contribution in [3.8, 4) is 5.75 Å². The molecule has 234 valence electrons. The highest BCUT2D eigenvalue weighted by Gasteiger charge is 2.47. The van der Waals surface area contributed by atoms with Gasteiger partial charge in [0, 0.05) is 36.3 Å². The molecule has 3 aliphatic heterocycles. The Morgan fingerprint density at radius 2 is 1.64 bits per heavy atom. The smallest absolute Gasteiger partial charge is 0.242 e. The van der Waals surface area contributed by atoms with E-state index in [1.165, 1.54) is 6.42 Å². The molecule has 0 bridgehead atoms. The third kappa shape index (κ3) is 5.47. The van der Waals surface area contributed by atoms with Crippen LogP contribution in [0, 0.1) is 5.41 Å². The van der Waals surface area contributed by atoms with E-state index in [-0.39, 0.29) is 29.6 Å². The largest absolute Gasteiger partial charge is 0.496 e. The van der Waals surface area contributed by atoms with Crippen molar-refractivity contribution in [1.82, 2.24) is 9.80 Å². The van der Waals surface area contributed by atoms with E-state index in [0.29, 0.717) is 50.1 Å². The SMILES string of the molecule is COc1ccccc1C1C2=C(CC(C)(C)CC2=O)Nc2ccccc2N1CC(=O)N1CCC(C(N)=O)(N2CCCCC2)CC1. The maximum atomic E-state index is 14.2. The van der Waals surface area contributed by atoms with Gasteiger partial charge in [0.05, 0.1) is 31.1 Å². The van der Waals surface area contributed by atoms with Crippen LogP contribution in [0.1, 0.15) is 70.4 Å². The molecule has 44 heavy (non-hydrogen) atoms. The molecule has 2 aromatic rings.